The Kier molecular flexibility index (Phi) is 4.42. The van der Waals surface area contributed by atoms with Crippen LogP contribution in [0.15, 0.2) is 6.20 Å². The van der Waals surface area contributed by atoms with E-state index in [1.165, 1.54) is 6.42 Å². The molecule has 1 N–H and O–H groups in total. The van der Waals surface area contributed by atoms with Crippen molar-refractivity contribution in [2.75, 3.05) is 20.1 Å². The molecule has 2 unspecified atom stereocenters. The van der Waals surface area contributed by atoms with E-state index in [-0.39, 0.29) is 0 Å². The van der Waals surface area contributed by atoms with E-state index in [0.29, 0.717) is 18.0 Å². The molecule has 5 heteroatoms. The molecule has 2 rings (SSSR count). The van der Waals surface area contributed by atoms with Gasteiger partial charge in [0.1, 0.15) is 9.34 Å². The Morgan fingerprint density at radius 3 is 3.00 bits per heavy atom. The first-order chi connectivity index (χ1) is 8.08. The molecular formula is C12H20ClN3S. The van der Waals surface area contributed by atoms with Crippen LogP contribution in [0.4, 0.5) is 0 Å². The Labute approximate surface area is 112 Å². The van der Waals surface area contributed by atoms with Crippen molar-refractivity contribution in [1.29, 1.82) is 0 Å². The number of thiazole rings is 1. The molecule has 0 radical (unpaired) electrons. The van der Waals surface area contributed by atoms with Crippen molar-refractivity contribution in [2.24, 2.45) is 5.92 Å². The normalized spacial score (nSPS) is 25.9. The summed E-state index contributed by atoms with van der Waals surface area (Å²) in [7, 11) is 2.18. The SMILES string of the molecule is CC(C)NCC1CCN(C)C1c1ncc(Cl)s1. The highest BCUT2D eigenvalue weighted by Gasteiger charge is 2.34. The molecule has 0 spiro atoms. The number of halogens is 1. The summed E-state index contributed by atoms with van der Waals surface area (Å²) in [5.41, 5.74) is 0. The van der Waals surface area contributed by atoms with E-state index in [1.54, 1.807) is 17.5 Å². The third-order valence-corrected chi connectivity index (χ3v) is 4.50. The van der Waals surface area contributed by atoms with Gasteiger partial charge in [-0.1, -0.05) is 25.4 Å². The molecule has 2 atom stereocenters. The van der Waals surface area contributed by atoms with Crippen LogP contribution in [0.5, 0.6) is 0 Å². The second-order valence-electron chi connectivity index (χ2n) is 5.04. The Hall–Kier alpha value is -0.160. The summed E-state index contributed by atoms with van der Waals surface area (Å²) >= 11 is 7.60. The molecule has 1 aromatic heterocycles. The van der Waals surface area contributed by atoms with Crippen LogP contribution in [0.2, 0.25) is 4.34 Å². The van der Waals surface area contributed by atoms with Crippen LogP contribution in [-0.2, 0) is 0 Å². The number of nitrogens with zero attached hydrogens (tertiary/aromatic N) is 2. The maximum absolute atomic E-state index is 5.98. The first kappa shape index (κ1) is 13.3. The molecule has 2 heterocycles. The monoisotopic (exact) mass is 273 g/mol. The van der Waals surface area contributed by atoms with Gasteiger partial charge in [-0.2, -0.15) is 0 Å². The van der Waals surface area contributed by atoms with Gasteiger partial charge >= 0.3 is 0 Å². The van der Waals surface area contributed by atoms with Crippen molar-refractivity contribution < 1.29 is 0 Å². The van der Waals surface area contributed by atoms with Crippen molar-refractivity contribution in [3.05, 3.63) is 15.5 Å². The van der Waals surface area contributed by atoms with E-state index in [2.05, 4.69) is 36.1 Å². The van der Waals surface area contributed by atoms with Gasteiger partial charge in [0, 0.05) is 12.6 Å². The van der Waals surface area contributed by atoms with Crippen molar-refractivity contribution in [3.8, 4) is 0 Å². The van der Waals surface area contributed by atoms with Crippen LogP contribution in [0.3, 0.4) is 0 Å². The van der Waals surface area contributed by atoms with Gasteiger partial charge in [0.25, 0.3) is 0 Å². The van der Waals surface area contributed by atoms with Crippen molar-refractivity contribution in [1.82, 2.24) is 15.2 Å². The van der Waals surface area contributed by atoms with Crippen LogP contribution < -0.4 is 5.32 Å². The second kappa shape index (κ2) is 5.65. The summed E-state index contributed by atoms with van der Waals surface area (Å²) in [6.45, 7) is 6.58. The van der Waals surface area contributed by atoms with E-state index in [4.69, 9.17) is 11.6 Å². The highest BCUT2D eigenvalue weighted by molar-refractivity contribution is 7.15. The standard InChI is InChI=1S/C12H20ClN3S/c1-8(2)14-6-9-4-5-16(3)11(9)12-15-7-10(13)17-12/h7-9,11,14H,4-6H2,1-3H3. The zero-order chi connectivity index (χ0) is 12.4. The lowest BCUT2D eigenvalue weighted by Crippen LogP contribution is -2.32. The topological polar surface area (TPSA) is 28.2 Å². The Balaban J connectivity index is 2.06. The van der Waals surface area contributed by atoms with Gasteiger partial charge < -0.3 is 5.32 Å². The molecule has 17 heavy (non-hydrogen) atoms. The second-order valence-corrected chi connectivity index (χ2v) is 6.73. The maximum Gasteiger partial charge on any atom is 0.113 e. The largest absolute Gasteiger partial charge is 0.314 e. The molecule has 1 aromatic rings. The summed E-state index contributed by atoms with van der Waals surface area (Å²) in [6, 6.07) is 0.972. The minimum absolute atomic E-state index is 0.429. The predicted octanol–water partition coefficient (Wildman–Crippen LogP) is 2.79. The fourth-order valence-electron chi connectivity index (χ4n) is 2.42. The van der Waals surface area contributed by atoms with E-state index in [1.807, 2.05) is 0 Å². The summed E-state index contributed by atoms with van der Waals surface area (Å²) < 4.78 is 0.788. The lowest BCUT2D eigenvalue weighted by atomic mass is 10.0. The van der Waals surface area contributed by atoms with E-state index >= 15 is 0 Å². The van der Waals surface area contributed by atoms with Crippen molar-refractivity contribution in [2.45, 2.75) is 32.4 Å². The first-order valence-corrected chi connectivity index (χ1v) is 7.32. The zero-order valence-electron chi connectivity index (χ0n) is 10.6. The highest BCUT2D eigenvalue weighted by Crippen LogP contribution is 2.38. The lowest BCUT2D eigenvalue weighted by Gasteiger charge is -2.24. The average molecular weight is 274 g/mol. The van der Waals surface area contributed by atoms with Crippen molar-refractivity contribution in [3.63, 3.8) is 0 Å². The quantitative estimate of drug-likeness (QED) is 0.914. The van der Waals surface area contributed by atoms with E-state index < -0.39 is 0 Å². The zero-order valence-corrected chi connectivity index (χ0v) is 12.2. The number of hydrogen-bond donors (Lipinski definition) is 1. The van der Waals surface area contributed by atoms with Gasteiger partial charge in [-0.05, 0) is 25.9 Å². The highest BCUT2D eigenvalue weighted by atomic mass is 35.5. The Morgan fingerprint density at radius 1 is 1.65 bits per heavy atom. The van der Waals surface area contributed by atoms with Crippen LogP contribution in [-0.4, -0.2) is 36.1 Å². The van der Waals surface area contributed by atoms with E-state index in [9.17, 15) is 0 Å². The predicted molar refractivity (Wildman–Crippen MR) is 73.7 cm³/mol. The van der Waals surface area contributed by atoms with Gasteiger partial charge in [0.05, 0.1) is 12.2 Å². The maximum atomic E-state index is 5.98. The first-order valence-electron chi connectivity index (χ1n) is 6.12. The summed E-state index contributed by atoms with van der Waals surface area (Å²) in [6.07, 6.45) is 3.00. The molecule has 0 aliphatic carbocycles. The van der Waals surface area contributed by atoms with Gasteiger partial charge in [0.2, 0.25) is 0 Å². The van der Waals surface area contributed by atoms with Gasteiger partial charge in [-0.3, -0.25) is 4.90 Å². The van der Waals surface area contributed by atoms with Gasteiger partial charge in [-0.15, -0.1) is 11.3 Å². The molecule has 0 bridgehead atoms. The van der Waals surface area contributed by atoms with Crippen LogP contribution in [0, 0.1) is 5.92 Å². The molecule has 0 saturated carbocycles. The Bertz CT molecular complexity index is 366. The fraction of sp³-hybridized carbons (Fsp3) is 0.750. The Morgan fingerprint density at radius 2 is 2.41 bits per heavy atom. The van der Waals surface area contributed by atoms with Gasteiger partial charge in [-0.25, -0.2) is 4.98 Å². The third kappa shape index (κ3) is 3.19. The molecule has 3 nitrogen and oxygen atoms in total. The minimum Gasteiger partial charge on any atom is -0.314 e. The lowest BCUT2D eigenvalue weighted by molar-refractivity contribution is 0.269. The molecular weight excluding hydrogens is 254 g/mol. The summed E-state index contributed by atoms with van der Waals surface area (Å²) in [4.78, 5) is 6.83. The van der Waals surface area contributed by atoms with E-state index in [0.717, 1.165) is 22.4 Å². The molecule has 0 amide bonds. The van der Waals surface area contributed by atoms with Crippen LogP contribution in [0.25, 0.3) is 0 Å². The third-order valence-electron chi connectivity index (χ3n) is 3.31. The molecule has 1 aliphatic rings. The summed E-state index contributed by atoms with van der Waals surface area (Å²) in [5, 5.41) is 4.69. The molecule has 1 saturated heterocycles. The number of rotatable bonds is 4. The smallest absolute Gasteiger partial charge is 0.113 e. The molecule has 1 aliphatic heterocycles. The number of likely N-dealkylation sites (tertiary alicyclic amines) is 1. The minimum atomic E-state index is 0.429. The molecule has 0 aromatic carbocycles. The fourth-order valence-corrected chi connectivity index (χ4v) is 3.61. The van der Waals surface area contributed by atoms with Gasteiger partial charge in [0.15, 0.2) is 0 Å². The number of nitrogens with one attached hydrogen (secondary N) is 1. The van der Waals surface area contributed by atoms with Crippen LogP contribution in [0.1, 0.15) is 31.3 Å². The number of aromatic nitrogens is 1. The summed E-state index contributed by atoms with van der Waals surface area (Å²) in [5.74, 6) is 0.643. The average Bonchev–Trinajstić information content (AvgIpc) is 2.82. The van der Waals surface area contributed by atoms with Crippen LogP contribution >= 0.6 is 22.9 Å². The molecule has 96 valence electrons. The molecule has 1 fully saturated rings. The number of hydrogen-bond acceptors (Lipinski definition) is 4. The van der Waals surface area contributed by atoms with Crippen molar-refractivity contribution >= 4 is 22.9 Å².